The molecule has 1 aliphatic heterocycles. The maximum atomic E-state index is 14.0. The summed E-state index contributed by atoms with van der Waals surface area (Å²) in [7, 11) is 0.959. The summed E-state index contributed by atoms with van der Waals surface area (Å²) in [6.45, 7) is 1.28. The Hall–Kier alpha value is -2.90. The highest BCUT2D eigenvalue weighted by molar-refractivity contribution is 5.95. The second kappa shape index (κ2) is 9.87. The predicted molar refractivity (Wildman–Crippen MR) is 114 cm³/mol. The number of halogens is 6. The molecule has 0 bridgehead atoms. The molecule has 5 atom stereocenters. The van der Waals surface area contributed by atoms with Gasteiger partial charge in [-0.05, 0) is 25.1 Å². The highest BCUT2D eigenvalue weighted by Crippen LogP contribution is 2.55. The number of aromatic nitrogens is 1. The van der Waals surface area contributed by atoms with Gasteiger partial charge < -0.3 is 25.0 Å². The van der Waals surface area contributed by atoms with Crippen molar-refractivity contribution in [1.82, 2.24) is 4.98 Å². The first kappa shape index (κ1) is 27.7. The zero-order valence-corrected chi connectivity index (χ0v) is 19.3. The Morgan fingerprint density at radius 1 is 1.22 bits per heavy atom. The Labute approximate surface area is 202 Å². The molecule has 198 valence electrons. The third-order valence-electron chi connectivity index (χ3n) is 6.41. The zero-order valence-electron chi connectivity index (χ0n) is 19.3. The molecule has 36 heavy (non-hydrogen) atoms. The van der Waals surface area contributed by atoms with Crippen LogP contribution in [0.2, 0.25) is 0 Å². The van der Waals surface area contributed by atoms with Gasteiger partial charge in [0.1, 0.15) is 18.0 Å². The second-order valence-electron chi connectivity index (χ2n) is 8.54. The Morgan fingerprint density at radius 3 is 2.39 bits per heavy atom. The molecule has 3 rings (SSSR count). The second-order valence-corrected chi connectivity index (χ2v) is 8.54. The van der Waals surface area contributed by atoms with Gasteiger partial charge in [-0.25, -0.2) is 0 Å². The van der Waals surface area contributed by atoms with Gasteiger partial charge in [0.05, 0.1) is 36.9 Å². The molecule has 1 aromatic heterocycles. The average Bonchev–Trinajstić information content (AvgIpc) is 3.09. The predicted octanol–water partition coefficient (Wildman–Crippen LogP) is 4.21. The van der Waals surface area contributed by atoms with E-state index >= 15 is 0 Å². The number of ether oxygens (including phenoxy) is 2. The lowest BCUT2D eigenvalue weighted by molar-refractivity contribution is -0.272. The number of aliphatic hydroxyl groups is 2. The van der Waals surface area contributed by atoms with E-state index in [0.717, 1.165) is 39.3 Å². The molecule has 0 unspecified atom stereocenters. The molecule has 7 nitrogen and oxygen atoms in total. The summed E-state index contributed by atoms with van der Waals surface area (Å²) in [5, 5.41) is 21.0. The van der Waals surface area contributed by atoms with Crippen LogP contribution in [0, 0.1) is 5.92 Å². The number of carbonyl (C=O) groups excluding carboxylic acids is 1. The van der Waals surface area contributed by atoms with Crippen LogP contribution in [-0.2, 0) is 15.7 Å². The number of rotatable bonds is 6. The van der Waals surface area contributed by atoms with Crippen LogP contribution in [0.5, 0.6) is 5.75 Å². The van der Waals surface area contributed by atoms with Crippen LogP contribution in [0.1, 0.15) is 42.7 Å². The fraction of sp³-hybridized carbons (Fsp3) is 0.478. The number of aliphatic hydroxyl groups excluding tert-OH is 2. The Kier molecular flexibility index (Phi) is 7.59. The van der Waals surface area contributed by atoms with Crippen molar-refractivity contribution in [2.75, 3.05) is 19.0 Å². The van der Waals surface area contributed by atoms with Crippen LogP contribution >= 0.6 is 0 Å². The van der Waals surface area contributed by atoms with Crippen LogP contribution < -0.4 is 10.1 Å². The molecular weight excluding hydrogens is 498 g/mol. The molecule has 3 N–H and O–H groups in total. The van der Waals surface area contributed by atoms with Crippen molar-refractivity contribution in [3.05, 3.63) is 53.3 Å². The summed E-state index contributed by atoms with van der Waals surface area (Å²) in [5.41, 5.74) is -4.20. The van der Waals surface area contributed by atoms with Crippen LogP contribution in [0.4, 0.5) is 32.0 Å². The molecule has 1 aromatic carbocycles. The van der Waals surface area contributed by atoms with E-state index in [0.29, 0.717) is 0 Å². The van der Waals surface area contributed by atoms with E-state index in [1.54, 1.807) is 0 Å². The number of nitrogens with zero attached hydrogens (tertiary/aromatic N) is 1. The highest BCUT2D eigenvalue weighted by atomic mass is 19.4. The van der Waals surface area contributed by atoms with Crippen LogP contribution in [0.15, 0.2) is 36.5 Å². The molecule has 0 aliphatic carbocycles. The monoisotopic (exact) mass is 522 g/mol. The number of anilines is 1. The fourth-order valence-corrected chi connectivity index (χ4v) is 4.27. The number of amides is 1. The normalized spacial score (nSPS) is 25.5. The quantitative estimate of drug-likeness (QED) is 0.492. The van der Waals surface area contributed by atoms with Crippen molar-refractivity contribution in [3.8, 4) is 5.75 Å². The molecule has 2 aromatic rings. The third kappa shape index (κ3) is 5.00. The van der Waals surface area contributed by atoms with E-state index in [4.69, 9.17) is 14.6 Å². The summed E-state index contributed by atoms with van der Waals surface area (Å²) < 4.78 is 93.1. The molecular formula is C23H24F6N2O5. The number of para-hydroxylation sites is 1. The standard InChI is InChI=1S/C23H24F6N2O5/c1-11-17(13-5-4-6-14(18(13)35-3)22(24,25)26)19(36-21(11,2)23(27,28)29)20(34)31-12-7-8-15(30-9-12)16(33)10-32/h4-9,11,16-17,19,32-33H,10H2,1-3H3,(H,31,34)/t11-,16-,17-,19+,21+/m0/s1. The minimum absolute atomic E-state index is 0.0283. The molecule has 0 saturated carbocycles. The summed E-state index contributed by atoms with van der Waals surface area (Å²) >= 11 is 0. The number of nitrogens with one attached hydrogen (secondary N) is 1. The van der Waals surface area contributed by atoms with Crippen molar-refractivity contribution in [2.45, 2.75) is 49.9 Å². The van der Waals surface area contributed by atoms with Gasteiger partial charge in [0.15, 0.2) is 5.60 Å². The smallest absolute Gasteiger partial charge is 0.419 e. The van der Waals surface area contributed by atoms with Gasteiger partial charge >= 0.3 is 12.4 Å². The van der Waals surface area contributed by atoms with Gasteiger partial charge in [0.25, 0.3) is 5.91 Å². The van der Waals surface area contributed by atoms with Crippen molar-refractivity contribution in [3.63, 3.8) is 0 Å². The average molecular weight is 522 g/mol. The Balaban J connectivity index is 2.05. The number of methoxy groups -OCH3 is 1. The summed E-state index contributed by atoms with van der Waals surface area (Å²) in [6, 6.07) is 5.51. The molecule has 0 spiro atoms. The number of benzene rings is 1. The minimum Gasteiger partial charge on any atom is -0.496 e. The number of hydrogen-bond donors (Lipinski definition) is 3. The maximum absolute atomic E-state index is 14.0. The van der Waals surface area contributed by atoms with Crippen molar-refractivity contribution >= 4 is 11.6 Å². The van der Waals surface area contributed by atoms with Gasteiger partial charge in [0.2, 0.25) is 0 Å². The third-order valence-corrected chi connectivity index (χ3v) is 6.41. The van der Waals surface area contributed by atoms with E-state index in [1.807, 2.05) is 0 Å². The Bertz CT molecular complexity index is 1090. The largest absolute Gasteiger partial charge is 0.496 e. The maximum Gasteiger partial charge on any atom is 0.419 e. The highest BCUT2D eigenvalue weighted by Gasteiger charge is 2.66. The summed E-state index contributed by atoms with van der Waals surface area (Å²) in [6.07, 6.45) is -11.8. The van der Waals surface area contributed by atoms with Crippen LogP contribution in [0.3, 0.4) is 0 Å². The topological polar surface area (TPSA) is 101 Å². The molecule has 1 fully saturated rings. The lowest BCUT2D eigenvalue weighted by Crippen LogP contribution is -2.47. The minimum atomic E-state index is -4.95. The number of hydrogen-bond acceptors (Lipinski definition) is 6. The van der Waals surface area contributed by atoms with E-state index < -0.39 is 65.8 Å². The number of alkyl halides is 6. The lowest BCUT2D eigenvalue weighted by atomic mass is 9.76. The molecule has 0 radical (unpaired) electrons. The first-order chi connectivity index (χ1) is 16.7. The lowest BCUT2D eigenvalue weighted by Gasteiger charge is -2.32. The van der Waals surface area contributed by atoms with E-state index in [2.05, 4.69) is 10.3 Å². The van der Waals surface area contributed by atoms with Crippen LogP contribution in [0.25, 0.3) is 0 Å². The molecule has 1 saturated heterocycles. The number of carbonyl (C=O) groups is 1. The van der Waals surface area contributed by atoms with Crippen LogP contribution in [-0.4, -0.2) is 52.7 Å². The van der Waals surface area contributed by atoms with E-state index in [-0.39, 0.29) is 16.9 Å². The van der Waals surface area contributed by atoms with Gasteiger partial charge in [-0.1, -0.05) is 19.1 Å². The van der Waals surface area contributed by atoms with Gasteiger partial charge in [-0.2, -0.15) is 26.3 Å². The van der Waals surface area contributed by atoms with Gasteiger partial charge in [-0.3, -0.25) is 9.78 Å². The van der Waals surface area contributed by atoms with E-state index in [9.17, 15) is 36.2 Å². The van der Waals surface area contributed by atoms with Gasteiger partial charge in [-0.15, -0.1) is 0 Å². The summed E-state index contributed by atoms with van der Waals surface area (Å²) in [4.78, 5) is 17.0. The molecule has 13 heteroatoms. The first-order valence-corrected chi connectivity index (χ1v) is 10.7. The van der Waals surface area contributed by atoms with Crippen molar-refractivity contribution in [1.29, 1.82) is 0 Å². The number of pyridine rings is 1. The van der Waals surface area contributed by atoms with Crippen molar-refractivity contribution in [2.24, 2.45) is 5.92 Å². The fourth-order valence-electron chi connectivity index (χ4n) is 4.27. The van der Waals surface area contributed by atoms with E-state index in [1.165, 1.54) is 18.2 Å². The van der Waals surface area contributed by atoms with Crippen molar-refractivity contribution < 1.29 is 50.8 Å². The Morgan fingerprint density at radius 2 is 1.89 bits per heavy atom. The SMILES string of the molecule is COc1c([C@H]2[C@H](C(=O)Nc3ccc([C@@H](O)CO)nc3)O[C@@](C)(C(F)(F)F)[C@H]2C)cccc1C(F)(F)F. The summed E-state index contributed by atoms with van der Waals surface area (Å²) in [5.74, 6) is -4.68. The molecule has 1 amide bonds. The van der Waals surface area contributed by atoms with Gasteiger partial charge in [0, 0.05) is 17.4 Å². The molecule has 1 aliphatic rings. The molecule has 2 heterocycles. The zero-order chi connectivity index (χ0) is 27.1. The first-order valence-electron chi connectivity index (χ1n) is 10.7.